The molecule has 0 radical (unpaired) electrons. The molecule has 35 heavy (non-hydrogen) atoms. The molecule has 2 aromatic heterocycles. The molecule has 0 bridgehead atoms. The number of amides is 1. The average Bonchev–Trinajstić information content (AvgIpc) is 3.24. The summed E-state index contributed by atoms with van der Waals surface area (Å²) in [5.41, 5.74) is 2.26. The third-order valence-electron chi connectivity index (χ3n) is 5.27. The molecule has 0 aliphatic heterocycles. The van der Waals surface area contributed by atoms with E-state index in [1.165, 1.54) is 27.4 Å². The van der Waals surface area contributed by atoms with Crippen molar-refractivity contribution in [2.75, 3.05) is 26.6 Å². The SMILES string of the molecule is COc1cc(C(=O)Nc2ccc(C)c(OCc3cc(=O)n4oc(C)cc4n3)c2)cc(OC)c1OC. The first-order valence-corrected chi connectivity index (χ1v) is 10.7. The lowest BCUT2D eigenvalue weighted by Crippen LogP contribution is -2.15. The number of carbonyl (C=O) groups excluding carboxylic acids is 1. The van der Waals surface area contributed by atoms with Crippen LogP contribution in [0, 0.1) is 13.8 Å². The first kappa shape index (κ1) is 23.7. The second kappa shape index (κ2) is 9.80. The maximum absolute atomic E-state index is 12.9. The van der Waals surface area contributed by atoms with Crippen LogP contribution < -0.4 is 29.8 Å². The van der Waals surface area contributed by atoms with Crippen molar-refractivity contribution in [2.24, 2.45) is 0 Å². The smallest absolute Gasteiger partial charge is 0.287 e. The summed E-state index contributed by atoms with van der Waals surface area (Å²) in [5, 5.41) is 2.85. The van der Waals surface area contributed by atoms with Crippen LogP contribution in [0.5, 0.6) is 23.0 Å². The van der Waals surface area contributed by atoms with Gasteiger partial charge in [0, 0.05) is 29.4 Å². The summed E-state index contributed by atoms with van der Waals surface area (Å²) >= 11 is 0. The fourth-order valence-electron chi connectivity index (χ4n) is 3.55. The molecular weight excluding hydrogens is 454 g/mol. The molecule has 4 rings (SSSR count). The van der Waals surface area contributed by atoms with Gasteiger partial charge in [0.1, 0.15) is 18.1 Å². The van der Waals surface area contributed by atoms with Gasteiger partial charge in [0.15, 0.2) is 17.1 Å². The minimum Gasteiger partial charge on any atom is -0.493 e. The minimum absolute atomic E-state index is 0.0705. The van der Waals surface area contributed by atoms with Crippen LogP contribution in [0.15, 0.2) is 51.8 Å². The molecule has 182 valence electrons. The molecule has 0 saturated carbocycles. The van der Waals surface area contributed by atoms with Crippen molar-refractivity contribution < 1.29 is 28.3 Å². The monoisotopic (exact) mass is 479 g/mol. The molecular formula is C25H25N3O7. The molecule has 0 fully saturated rings. The van der Waals surface area contributed by atoms with Gasteiger partial charge in [-0.2, -0.15) is 0 Å². The fraction of sp³-hybridized carbons (Fsp3) is 0.240. The molecule has 0 saturated heterocycles. The highest BCUT2D eigenvalue weighted by atomic mass is 16.5. The number of nitrogens with one attached hydrogen (secondary N) is 1. The van der Waals surface area contributed by atoms with E-state index < -0.39 is 0 Å². The van der Waals surface area contributed by atoms with Crippen LogP contribution in [-0.2, 0) is 6.61 Å². The number of hydrogen-bond donors (Lipinski definition) is 1. The second-order valence-electron chi connectivity index (χ2n) is 7.72. The Morgan fingerprint density at radius 2 is 1.69 bits per heavy atom. The van der Waals surface area contributed by atoms with E-state index in [0.29, 0.717) is 51.4 Å². The van der Waals surface area contributed by atoms with E-state index >= 15 is 0 Å². The molecule has 1 N–H and O–H groups in total. The predicted molar refractivity (Wildman–Crippen MR) is 128 cm³/mol. The normalized spacial score (nSPS) is 10.8. The standard InChI is InChI=1S/C25H25N3O7/c1-14-6-7-17(27-25(30)16-9-20(31-3)24(33-5)21(10-16)32-4)11-19(14)34-13-18-12-23(29)28-22(26-18)8-15(2)35-28/h6-12H,13H2,1-5H3,(H,27,30). The van der Waals surface area contributed by atoms with Crippen LogP contribution in [-0.4, -0.2) is 36.8 Å². The number of fused-ring (bicyclic) bond motifs is 1. The zero-order chi connectivity index (χ0) is 25.1. The molecule has 0 atom stereocenters. The van der Waals surface area contributed by atoms with Crippen LogP contribution >= 0.6 is 0 Å². The lowest BCUT2D eigenvalue weighted by Gasteiger charge is -2.15. The quantitative estimate of drug-likeness (QED) is 0.406. The Bertz CT molecular complexity index is 1430. The summed E-state index contributed by atoms with van der Waals surface area (Å²) in [5.74, 6) is 1.90. The number of methoxy groups -OCH3 is 3. The van der Waals surface area contributed by atoms with Gasteiger partial charge in [-0.05, 0) is 37.6 Å². The molecule has 10 nitrogen and oxygen atoms in total. The second-order valence-corrected chi connectivity index (χ2v) is 7.72. The van der Waals surface area contributed by atoms with Crippen LogP contribution in [0.25, 0.3) is 5.65 Å². The number of rotatable bonds is 8. The summed E-state index contributed by atoms with van der Waals surface area (Å²) in [7, 11) is 4.46. The Morgan fingerprint density at radius 3 is 2.34 bits per heavy atom. The Balaban J connectivity index is 1.53. The van der Waals surface area contributed by atoms with Gasteiger partial charge < -0.3 is 28.8 Å². The summed E-state index contributed by atoms with van der Waals surface area (Å²) in [6.45, 7) is 3.69. The first-order chi connectivity index (χ1) is 16.8. The van der Waals surface area contributed by atoms with E-state index in [9.17, 15) is 9.59 Å². The van der Waals surface area contributed by atoms with E-state index in [4.69, 9.17) is 23.5 Å². The van der Waals surface area contributed by atoms with Gasteiger partial charge in [0.25, 0.3) is 11.5 Å². The summed E-state index contributed by atoms with van der Waals surface area (Å²) in [6.07, 6.45) is 0. The number of hydrogen-bond acceptors (Lipinski definition) is 8. The minimum atomic E-state index is -0.366. The van der Waals surface area contributed by atoms with Crippen molar-refractivity contribution in [3.05, 3.63) is 75.4 Å². The fourth-order valence-corrected chi connectivity index (χ4v) is 3.55. The Hall–Kier alpha value is -4.47. The Kier molecular flexibility index (Phi) is 6.63. The molecule has 1 amide bonds. The Labute approximate surface area is 201 Å². The molecule has 0 unspecified atom stereocenters. The van der Waals surface area contributed by atoms with Crippen LogP contribution in [0.2, 0.25) is 0 Å². The van der Waals surface area contributed by atoms with Gasteiger partial charge in [0.05, 0.1) is 27.0 Å². The molecule has 0 aliphatic rings. The summed E-state index contributed by atoms with van der Waals surface area (Å²) in [6, 6.07) is 11.5. The number of carbonyl (C=O) groups is 1. The summed E-state index contributed by atoms with van der Waals surface area (Å²) < 4.78 is 28.3. The molecule has 0 aliphatic carbocycles. The average molecular weight is 479 g/mol. The highest BCUT2D eigenvalue weighted by Gasteiger charge is 2.17. The molecule has 2 heterocycles. The molecule has 2 aromatic carbocycles. The topological polar surface area (TPSA) is 114 Å². The van der Waals surface area contributed by atoms with Crippen LogP contribution in [0.1, 0.15) is 27.4 Å². The highest BCUT2D eigenvalue weighted by molar-refractivity contribution is 6.05. The number of nitrogens with zero attached hydrogens (tertiary/aromatic N) is 2. The first-order valence-electron chi connectivity index (χ1n) is 10.7. The van der Waals surface area contributed by atoms with Crippen molar-refractivity contribution in [1.29, 1.82) is 0 Å². The lowest BCUT2D eigenvalue weighted by molar-refractivity contribution is 0.102. The van der Waals surface area contributed by atoms with E-state index in [0.717, 1.165) is 10.1 Å². The van der Waals surface area contributed by atoms with Crippen LogP contribution in [0.3, 0.4) is 0 Å². The largest absolute Gasteiger partial charge is 0.493 e. The predicted octanol–water partition coefficient (Wildman–Crippen LogP) is 3.76. The van der Waals surface area contributed by atoms with E-state index in [1.807, 2.05) is 13.0 Å². The number of aromatic nitrogens is 2. The Morgan fingerprint density at radius 1 is 0.971 bits per heavy atom. The van der Waals surface area contributed by atoms with Gasteiger partial charge >= 0.3 is 0 Å². The van der Waals surface area contributed by atoms with E-state index in [2.05, 4.69) is 10.3 Å². The van der Waals surface area contributed by atoms with Crippen molar-refractivity contribution in [3.63, 3.8) is 0 Å². The third kappa shape index (κ3) is 4.91. The number of benzene rings is 2. The lowest BCUT2D eigenvalue weighted by atomic mass is 10.1. The number of aryl methyl sites for hydroxylation is 2. The van der Waals surface area contributed by atoms with Crippen molar-refractivity contribution in [3.8, 4) is 23.0 Å². The summed E-state index contributed by atoms with van der Waals surface area (Å²) in [4.78, 5) is 29.6. The molecule has 4 aromatic rings. The number of ether oxygens (including phenoxy) is 4. The van der Waals surface area contributed by atoms with Crippen molar-refractivity contribution >= 4 is 17.2 Å². The highest BCUT2D eigenvalue weighted by Crippen LogP contribution is 2.38. The maximum atomic E-state index is 12.9. The van der Waals surface area contributed by atoms with Crippen LogP contribution in [0.4, 0.5) is 5.69 Å². The number of anilines is 1. The zero-order valence-corrected chi connectivity index (χ0v) is 20.0. The van der Waals surface area contributed by atoms with Gasteiger partial charge in [-0.3, -0.25) is 9.59 Å². The van der Waals surface area contributed by atoms with Gasteiger partial charge in [-0.1, -0.05) is 6.07 Å². The van der Waals surface area contributed by atoms with Crippen molar-refractivity contribution in [1.82, 2.24) is 9.56 Å². The van der Waals surface area contributed by atoms with E-state index in [1.54, 1.807) is 37.3 Å². The van der Waals surface area contributed by atoms with Crippen molar-refractivity contribution in [2.45, 2.75) is 20.5 Å². The maximum Gasteiger partial charge on any atom is 0.287 e. The van der Waals surface area contributed by atoms with Gasteiger partial charge in [0.2, 0.25) is 5.75 Å². The zero-order valence-electron chi connectivity index (χ0n) is 20.0. The molecule has 0 spiro atoms. The van der Waals surface area contributed by atoms with E-state index in [-0.39, 0.29) is 18.1 Å². The molecule has 10 heteroatoms. The third-order valence-corrected chi connectivity index (χ3v) is 5.27. The van der Waals surface area contributed by atoms with Gasteiger partial charge in [-0.25, -0.2) is 4.98 Å². The van der Waals surface area contributed by atoms with Gasteiger partial charge in [-0.15, -0.1) is 4.57 Å².